The van der Waals surface area contributed by atoms with Gasteiger partial charge in [0.25, 0.3) is 0 Å². The Hall–Kier alpha value is -0.0400. The Bertz CT molecular complexity index is 244. The molecule has 18 heavy (non-hydrogen) atoms. The van der Waals surface area contributed by atoms with Gasteiger partial charge in [0.2, 0.25) is 0 Å². The maximum atomic E-state index is 2.77. The van der Waals surface area contributed by atoms with Crippen LogP contribution in [0.4, 0.5) is 0 Å². The molecule has 0 amide bonds. The lowest BCUT2D eigenvalue weighted by Gasteiger charge is -2.36. The van der Waals surface area contributed by atoms with Crippen LogP contribution in [0.1, 0.15) is 66.2 Å². The Labute approximate surface area is 114 Å². The largest absolute Gasteiger partial charge is 0.303 e. The predicted molar refractivity (Wildman–Crippen MR) is 79.7 cm³/mol. The van der Waals surface area contributed by atoms with Crippen LogP contribution >= 0.6 is 0 Å². The van der Waals surface area contributed by atoms with Crippen LogP contribution in [0.5, 0.6) is 0 Å². The SMILES string of the molecule is CC(C)CCC1(CN2CCC(C(C)C)CC2)CC1. The molecule has 1 saturated heterocycles. The molecule has 1 saturated carbocycles. The van der Waals surface area contributed by atoms with E-state index < -0.39 is 0 Å². The van der Waals surface area contributed by atoms with Crippen molar-refractivity contribution in [1.29, 1.82) is 0 Å². The Morgan fingerprint density at radius 1 is 1.06 bits per heavy atom. The van der Waals surface area contributed by atoms with E-state index in [9.17, 15) is 0 Å². The van der Waals surface area contributed by atoms with Crippen LogP contribution in [0.3, 0.4) is 0 Å². The summed E-state index contributed by atoms with van der Waals surface area (Å²) in [5.74, 6) is 2.77. The Kier molecular flexibility index (Phi) is 4.75. The number of rotatable bonds is 6. The summed E-state index contributed by atoms with van der Waals surface area (Å²) in [5, 5.41) is 0. The maximum Gasteiger partial charge on any atom is 0.00380 e. The van der Waals surface area contributed by atoms with E-state index in [0.29, 0.717) is 0 Å². The van der Waals surface area contributed by atoms with Gasteiger partial charge in [0, 0.05) is 6.54 Å². The fraction of sp³-hybridized carbons (Fsp3) is 1.00. The van der Waals surface area contributed by atoms with Gasteiger partial charge < -0.3 is 4.90 Å². The molecule has 0 atom stereocenters. The van der Waals surface area contributed by atoms with E-state index in [1.54, 1.807) is 0 Å². The van der Waals surface area contributed by atoms with Crippen molar-refractivity contribution >= 4 is 0 Å². The number of piperidine rings is 1. The van der Waals surface area contributed by atoms with Crippen molar-refractivity contribution < 1.29 is 0 Å². The Balaban J connectivity index is 1.71. The van der Waals surface area contributed by atoms with Crippen molar-refractivity contribution in [3.05, 3.63) is 0 Å². The average molecular weight is 251 g/mol. The Morgan fingerprint density at radius 3 is 2.11 bits per heavy atom. The van der Waals surface area contributed by atoms with Crippen molar-refractivity contribution in [2.24, 2.45) is 23.2 Å². The third kappa shape index (κ3) is 3.98. The lowest BCUT2D eigenvalue weighted by atomic mass is 9.86. The highest BCUT2D eigenvalue weighted by molar-refractivity contribution is 4.96. The molecule has 1 heterocycles. The van der Waals surface area contributed by atoms with Crippen LogP contribution in [0.2, 0.25) is 0 Å². The van der Waals surface area contributed by atoms with Gasteiger partial charge in [0.15, 0.2) is 0 Å². The van der Waals surface area contributed by atoms with Crippen molar-refractivity contribution in [3.63, 3.8) is 0 Å². The van der Waals surface area contributed by atoms with Gasteiger partial charge in [-0.25, -0.2) is 0 Å². The number of hydrogen-bond acceptors (Lipinski definition) is 1. The zero-order valence-electron chi connectivity index (χ0n) is 13.0. The first kappa shape index (κ1) is 14.4. The smallest absolute Gasteiger partial charge is 0.00380 e. The zero-order valence-corrected chi connectivity index (χ0v) is 13.0. The zero-order chi connectivity index (χ0) is 13.2. The van der Waals surface area contributed by atoms with Crippen LogP contribution in [-0.2, 0) is 0 Å². The first-order valence-corrected chi connectivity index (χ1v) is 8.23. The molecular formula is C17H33N. The van der Waals surface area contributed by atoms with E-state index in [-0.39, 0.29) is 0 Å². The number of hydrogen-bond donors (Lipinski definition) is 0. The van der Waals surface area contributed by atoms with E-state index in [0.717, 1.165) is 23.2 Å². The molecule has 2 fully saturated rings. The van der Waals surface area contributed by atoms with Crippen LogP contribution in [0, 0.1) is 23.2 Å². The molecule has 106 valence electrons. The molecule has 1 nitrogen and oxygen atoms in total. The van der Waals surface area contributed by atoms with E-state index in [4.69, 9.17) is 0 Å². The fourth-order valence-electron chi connectivity index (χ4n) is 3.51. The second-order valence-corrected chi connectivity index (χ2v) is 7.79. The summed E-state index contributed by atoms with van der Waals surface area (Å²) >= 11 is 0. The van der Waals surface area contributed by atoms with Crippen molar-refractivity contribution in [1.82, 2.24) is 4.90 Å². The molecule has 2 aliphatic rings. The highest BCUT2D eigenvalue weighted by Gasteiger charge is 2.43. The minimum absolute atomic E-state index is 0.745. The maximum absolute atomic E-state index is 2.77. The Morgan fingerprint density at radius 2 is 1.67 bits per heavy atom. The van der Waals surface area contributed by atoms with Gasteiger partial charge in [-0.2, -0.15) is 0 Å². The average Bonchev–Trinajstić information content (AvgIpc) is 3.08. The first-order valence-electron chi connectivity index (χ1n) is 8.23. The molecule has 0 N–H and O–H groups in total. The summed E-state index contributed by atoms with van der Waals surface area (Å²) in [5.41, 5.74) is 0.745. The molecule has 0 spiro atoms. The lowest BCUT2D eigenvalue weighted by Crippen LogP contribution is -2.38. The van der Waals surface area contributed by atoms with Gasteiger partial charge in [-0.1, -0.05) is 34.1 Å². The third-order valence-electron chi connectivity index (χ3n) is 5.34. The van der Waals surface area contributed by atoms with Gasteiger partial charge in [-0.15, -0.1) is 0 Å². The molecule has 0 aromatic heterocycles. The summed E-state index contributed by atoms with van der Waals surface area (Å²) in [6.07, 6.45) is 8.81. The summed E-state index contributed by atoms with van der Waals surface area (Å²) in [4.78, 5) is 2.77. The molecule has 1 aliphatic carbocycles. The standard InChI is InChI=1S/C17H33N/c1-14(2)5-8-17(9-10-17)13-18-11-6-16(7-12-18)15(3)4/h14-16H,5-13H2,1-4H3. The van der Waals surface area contributed by atoms with E-state index in [2.05, 4.69) is 32.6 Å². The van der Waals surface area contributed by atoms with Gasteiger partial charge in [0.05, 0.1) is 0 Å². The van der Waals surface area contributed by atoms with Crippen LogP contribution in [0.25, 0.3) is 0 Å². The topological polar surface area (TPSA) is 3.24 Å². The molecule has 0 radical (unpaired) electrons. The van der Waals surface area contributed by atoms with Crippen molar-refractivity contribution in [2.45, 2.75) is 66.2 Å². The monoisotopic (exact) mass is 251 g/mol. The highest BCUT2D eigenvalue weighted by atomic mass is 15.1. The third-order valence-corrected chi connectivity index (χ3v) is 5.34. The molecule has 0 bridgehead atoms. The van der Waals surface area contributed by atoms with E-state index in [1.165, 1.54) is 58.2 Å². The highest BCUT2D eigenvalue weighted by Crippen LogP contribution is 2.51. The summed E-state index contributed by atoms with van der Waals surface area (Å²) in [6.45, 7) is 13.7. The van der Waals surface area contributed by atoms with Crippen LogP contribution < -0.4 is 0 Å². The lowest BCUT2D eigenvalue weighted by molar-refractivity contribution is 0.129. The second-order valence-electron chi connectivity index (χ2n) is 7.79. The van der Waals surface area contributed by atoms with Gasteiger partial charge in [-0.3, -0.25) is 0 Å². The predicted octanol–water partition coefficient (Wildman–Crippen LogP) is 4.57. The summed E-state index contributed by atoms with van der Waals surface area (Å²) in [7, 11) is 0. The molecule has 2 rings (SSSR count). The van der Waals surface area contributed by atoms with Gasteiger partial charge in [-0.05, 0) is 68.4 Å². The second kappa shape index (κ2) is 5.94. The van der Waals surface area contributed by atoms with Crippen LogP contribution in [-0.4, -0.2) is 24.5 Å². The quantitative estimate of drug-likeness (QED) is 0.668. The fourth-order valence-corrected chi connectivity index (χ4v) is 3.51. The minimum atomic E-state index is 0.745. The molecule has 1 aliphatic heterocycles. The normalized spacial score (nSPS) is 25.0. The minimum Gasteiger partial charge on any atom is -0.303 e. The first-order chi connectivity index (χ1) is 8.51. The molecule has 0 aromatic rings. The number of nitrogens with zero attached hydrogens (tertiary/aromatic N) is 1. The summed E-state index contributed by atoms with van der Waals surface area (Å²) in [6, 6.07) is 0. The van der Waals surface area contributed by atoms with Crippen molar-refractivity contribution in [2.75, 3.05) is 19.6 Å². The van der Waals surface area contributed by atoms with E-state index in [1.807, 2.05) is 0 Å². The molecular weight excluding hydrogens is 218 g/mol. The summed E-state index contributed by atoms with van der Waals surface area (Å²) < 4.78 is 0. The molecule has 0 aromatic carbocycles. The van der Waals surface area contributed by atoms with Gasteiger partial charge >= 0.3 is 0 Å². The molecule has 1 heteroatoms. The van der Waals surface area contributed by atoms with Crippen molar-refractivity contribution in [3.8, 4) is 0 Å². The number of likely N-dealkylation sites (tertiary alicyclic amines) is 1. The van der Waals surface area contributed by atoms with E-state index >= 15 is 0 Å². The van der Waals surface area contributed by atoms with Gasteiger partial charge in [0.1, 0.15) is 0 Å². The molecule has 0 unspecified atom stereocenters. The van der Waals surface area contributed by atoms with Crippen LogP contribution in [0.15, 0.2) is 0 Å².